The molecule has 0 aromatic carbocycles. The molecule has 0 unspecified atom stereocenters. The standard InChI is InChI=1S/C5H8O2/c1-3-5-4(2,6-5)7-5/h3H2,1-2H3. The Hall–Kier alpha value is -0.0800. The van der Waals surface area contributed by atoms with E-state index in [1.807, 2.05) is 6.92 Å². The maximum atomic E-state index is 5.11. The van der Waals surface area contributed by atoms with Crippen molar-refractivity contribution in [3.63, 3.8) is 0 Å². The predicted molar refractivity (Wildman–Crippen MR) is 23.6 cm³/mol. The summed E-state index contributed by atoms with van der Waals surface area (Å²) in [7, 11) is 0. The van der Waals surface area contributed by atoms with Crippen molar-refractivity contribution in [2.24, 2.45) is 0 Å². The number of hydrogen-bond donors (Lipinski definition) is 0. The summed E-state index contributed by atoms with van der Waals surface area (Å²) in [4.78, 5) is 0. The number of epoxide rings is 2. The summed E-state index contributed by atoms with van der Waals surface area (Å²) in [5.41, 5.74) is 0. The van der Waals surface area contributed by atoms with Crippen LogP contribution < -0.4 is 0 Å². The van der Waals surface area contributed by atoms with E-state index in [9.17, 15) is 0 Å². The van der Waals surface area contributed by atoms with Crippen LogP contribution in [0.2, 0.25) is 0 Å². The molecule has 0 N–H and O–H groups in total. The second-order valence-electron chi connectivity index (χ2n) is 2.26. The third-order valence-corrected chi connectivity index (χ3v) is 1.79. The molecular weight excluding hydrogens is 92.1 g/mol. The molecular formula is C5H8O2. The highest BCUT2D eigenvalue weighted by Crippen LogP contribution is 2.68. The van der Waals surface area contributed by atoms with Crippen molar-refractivity contribution >= 4 is 0 Å². The minimum Gasteiger partial charge on any atom is -0.307 e. The van der Waals surface area contributed by atoms with Crippen molar-refractivity contribution in [2.45, 2.75) is 31.8 Å². The summed E-state index contributed by atoms with van der Waals surface area (Å²) in [6.07, 6.45) is 0.990. The maximum Gasteiger partial charge on any atom is 0.228 e. The average Bonchev–Trinajstić information content (AvgIpc) is 2.24. The summed E-state index contributed by atoms with van der Waals surface area (Å²) in [6.45, 7) is 4.04. The molecule has 0 bridgehead atoms. The number of ether oxygens (including phenoxy) is 2. The lowest BCUT2D eigenvalue weighted by Gasteiger charge is -1.91. The molecule has 2 saturated heterocycles. The van der Waals surface area contributed by atoms with Crippen LogP contribution in [-0.2, 0) is 9.47 Å². The quantitative estimate of drug-likeness (QED) is 0.457. The van der Waals surface area contributed by atoms with Crippen LogP contribution in [0.1, 0.15) is 20.3 Å². The van der Waals surface area contributed by atoms with E-state index in [2.05, 4.69) is 6.92 Å². The molecule has 0 amide bonds. The van der Waals surface area contributed by atoms with Crippen molar-refractivity contribution in [1.82, 2.24) is 0 Å². The molecule has 0 spiro atoms. The van der Waals surface area contributed by atoms with Gasteiger partial charge in [-0.05, 0) is 6.92 Å². The Kier molecular flexibility index (Phi) is 0.356. The third-order valence-electron chi connectivity index (χ3n) is 1.79. The van der Waals surface area contributed by atoms with Crippen molar-refractivity contribution in [1.29, 1.82) is 0 Å². The lowest BCUT2D eigenvalue weighted by Crippen LogP contribution is -1.93. The van der Waals surface area contributed by atoms with Crippen molar-refractivity contribution < 1.29 is 9.47 Å². The molecule has 7 heavy (non-hydrogen) atoms. The fourth-order valence-electron chi connectivity index (χ4n) is 1.05. The Morgan fingerprint density at radius 3 is 1.86 bits per heavy atom. The minimum absolute atomic E-state index is 0.104. The van der Waals surface area contributed by atoms with Crippen molar-refractivity contribution in [2.75, 3.05) is 0 Å². The summed E-state index contributed by atoms with van der Waals surface area (Å²) in [5, 5.41) is 0. The predicted octanol–water partition coefficient (Wildman–Crippen LogP) is 0.869. The van der Waals surface area contributed by atoms with Gasteiger partial charge in [0, 0.05) is 6.42 Å². The van der Waals surface area contributed by atoms with Gasteiger partial charge in [-0.15, -0.1) is 0 Å². The second kappa shape index (κ2) is 0.644. The fourth-order valence-corrected chi connectivity index (χ4v) is 1.05. The zero-order valence-corrected chi connectivity index (χ0v) is 4.52. The minimum atomic E-state index is -0.137. The van der Waals surface area contributed by atoms with Gasteiger partial charge in [-0.1, -0.05) is 6.92 Å². The molecule has 2 fully saturated rings. The SMILES string of the molecule is CCC12OC1(C)O2. The molecule has 2 aliphatic heterocycles. The van der Waals surface area contributed by atoms with Gasteiger partial charge >= 0.3 is 0 Å². The first-order valence-electron chi connectivity index (χ1n) is 2.63. The molecule has 0 radical (unpaired) electrons. The normalized spacial score (nSPS) is 64.3. The topological polar surface area (TPSA) is 25.1 Å². The van der Waals surface area contributed by atoms with Crippen LogP contribution >= 0.6 is 0 Å². The fraction of sp³-hybridized carbons (Fsp3) is 1.00. The number of hydrogen-bond acceptors (Lipinski definition) is 2. The van der Waals surface area contributed by atoms with Gasteiger partial charge < -0.3 is 9.47 Å². The molecule has 40 valence electrons. The Balaban J connectivity index is 2.14. The highest BCUT2D eigenvalue weighted by molar-refractivity contribution is 5.13. The van der Waals surface area contributed by atoms with Gasteiger partial charge in [0.1, 0.15) is 0 Å². The maximum absolute atomic E-state index is 5.11. The van der Waals surface area contributed by atoms with E-state index in [1.165, 1.54) is 0 Å². The first-order chi connectivity index (χ1) is 3.22. The molecule has 2 rings (SSSR count). The van der Waals surface area contributed by atoms with E-state index >= 15 is 0 Å². The lowest BCUT2D eigenvalue weighted by atomic mass is 10.3. The molecule has 0 aromatic rings. The van der Waals surface area contributed by atoms with E-state index in [0.717, 1.165) is 6.42 Å². The second-order valence-corrected chi connectivity index (χ2v) is 2.26. The van der Waals surface area contributed by atoms with Gasteiger partial charge in [-0.25, -0.2) is 0 Å². The summed E-state index contributed by atoms with van der Waals surface area (Å²) >= 11 is 0. The molecule has 2 nitrogen and oxygen atoms in total. The molecule has 2 aliphatic rings. The first kappa shape index (κ1) is 3.87. The summed E-state index contributed by atoms with van der Waals surface area (Å²) < 4.78 is 10.2. The van der Waals surface area contributed by atoms with Gasteiger partial charge in [-0.3, -0.25) is 0 Å². The number of fused-ring (bicyclic) bond motifs is 1. The van der Waals surface area contributed by atoms with E-state index in [-0.39, 0.29) is 11.6 Å². The highest BCUT2D eigenvalue weighted by atomic mass is 17.0. The van der Waals surface area contributed by atoms with Crippen LogP contribution in [-0.4, -0.2) is 11.6 Å². The first-order valence-corrected chi connectivity index (χ1v) is 2.63. The van der Waals surface area contributed by atoms with E-state index in [4.69, 9.17) is 9.47 Å². The zero-order chi connectivity index (χ0) is 5.12. The van der Waals surface area contributed by atoms with Crippen LogP contribution in [0, 0.1) is 0 Å². The van der Waals surface area contributed by atoms with Gasteiger partial charge in [0.15, 0.2) is 0 Å². The van der Waals surface area contributed by atoms with Gasteiger partial charge in [-0.2, -0.15) is 0 Å². The van der Waals surface area contributed by atoms with Crippen LogP contribution in [0.3, 0.4) is 0 Å². The van der Waals surface area contributed by atoms with E-state index in [1.54, 1.807) is 0 Å². The Labute approximate surface area is 42.4 Å². The van der Waals surface area contributed by atoms with Gasteiger partial charge in [0.2, 0.25) is 11.6 Å². The monoisotopic (exact) mass is 100 g/mol. The van der Waals surface area contributed by atoms with Crippen LogP contribution in [0.5, 0.6) is 0 Å². The van der Waals surface area contributed by atoms with Crippen molar-refractivity contribution in [3.8, 4) is 0 Å². The zero-order valence-electron chi connectivity index (χ0n) is 4.52. The van der Waals surface area contributed by atoms with Crippen LogP contribution in [0.4, 0.5) is 0 Å². The van der Waals surface area contributed by atoms with Crippen LogP contribution in [0.25, 0.3) is 0 Å². The third kappa shape index (κ3) is 0.229. The Bertz CT molecular complexity index is 108. The van der Waals surface area contributed by atoms with E-state index in [0.29, 0.717) is 0 Å². The smallest absolute Gasteiger partial charge is 0.228 e. The van der Waals surface area contributed by atoms with Crippen molar-refractivity contribution in [3.05, 3.63) is 0 Å². The number of rotatable bonds is 1. The highest BCUT2D eigenvalue weighted by Gasteiger charge is 2.86. The van der Waals surface area contributed by atoms with Crippen LogP contribution in [0.15, 0.2) is 0 Å². The van der Waals surface area contributed by atoms with Gasteiger partial charge in [0.05, 0.1) is 0 Å². The van der Waals surface area contributed by atoms with Gasteiger partial charge in [0.25, 0.3) is 0 Å². The summed E-state index contributed by atoms with van der Waals surface area (Å²) in [5.74, 6) is -0.241. The molecule has 2 heterocycles. The molecule has 0 aromatic heterocycles. The molecule has 0 atom stereocenters. The Morgan fingerprint density at radius 2 is 1.86 bits per heavy atom. The van der Waals surface area contributed by atoms with E-state index < -0.39 is 0 Å². The average molecular weight is 100 g/mol. The Morgan fingerprint density at radius 1 is 1.43 bits per heavy atom. The molecule has 2 heteroatoms. The lowest BCUT2D eigenvalue weighted by molar-refractivity contribution is -0.0897. The largest absolute Gasteiger partial charge is 0.307 e. The molecule has 0 saturated carbocycles. The molecule has 0 aliphatic carbocycles. The summed E-state index contributed by atoms with van der Waals surface area (Å²) in [6, 6.07) is 0.